The quantitative estimate of drug-likeness (QED) is 0.117. The largest absolute Gasteiger partial charge is 0.497 e. The van der Waals surface area contributed by atoms with Crippen molar-refractivity contribution >= 4 is 33.7 Å². The molecule has 2 rings (SSSR count). The van der Waals surface area contributed by atoms with Gasteiger partial charge in [-0.25, -0.2) is 19.4 Å². The Kier molecular flexibility index (Phi) is 10.2. The van der Waals surface area contributed by atoms with Crippen molar-refractivity contribution in [2.24, 2.45) is 0 Å². The fraction of sp³-hybridized carbons (Fsp3) is 0.536. The van der Waals surface area contributed by atoms with Gasteiger partial charge >= 0.3 is 11.9 Å². The SMILES string of the molecule is COCOc1c(Br)c(OC(=O)[C@@]2(OOC(C)(C)C)C(C)=CC(=O)C=C2OC)c(C)c(C)c1C(=O)OC(C)(C)C. The lowest BCUT2D eigenvalue weighted by molar-refractivity contribution is -0.385. The summed E-state index contributed by atoms with van der Waals surface area (Å²) in [6.07, 6.45) is 2.37. The Morgan fingerprint density at radius 1 is 0.923 bits per heavy atom. The van der Waals surface area contributed by atoms with Gasteiger partial charge < -0.3 is 23.7 Å². The Bertz CT molecular complexity index is 1200. The second-order valence-corrected chi connectivity index (χ2v) is 11.7. The molecule has 39 heavy (non-hydrogen) atoms. The Morgan fingerprint density at radius 3 is 2.05 bits per heavy atom. The van der Waals surface area contributed by atoms with Crippen LogP contribution < -0.4 is 9.47 Å². The summed E-state index contributed by atoms with van der Waals surface area (Å²) >= 11 is 3.44. The van der Waals surface area contributed by atoms with Crippen LogP contribution in [-0.4, -0.2) is 55.5 Å². The zero-order chi connectivity index (χ0) is 29.9. The van der Waals surface area contributed by atoms with E-state index in [0.717, 1.165) is 6.08 Å². The van der Waals surface area contributed by atoms with Crippen molar-refractivity contribution < 1.29 is 47.8 Å². The van der Waals surface area contributed by atoms with Crippen LogP contribution >= 0.6 is 15.9 Å². The highest BCUT2D eigenvalue weighted by Crippen LogP contribution is 2.45. The molecule has 0 fully saturated rings. The predicted molar refractivity (Wildman–Crippen MR) is 145 cm³/mol. The molecule has 11 heteroatoms. The number of carbonyl (C=O) groups is 3. The van der Waals surface area contributed by atoms with Gasteiger partial charge in [0.1, 0.15) is 15.6 Å². The van der Waals surface area contributed by atoms with Crippen LogP contribution in [0.3, 0.4) is 0 Å². The van der Waals surface area contributed by atoms with Gasteiger partial charge in [-0.05, 0) is 101 Å². The number of benzene rings is 1. The first-order chi connectivity index (χ1) is 17.9. The topological polar surface area (TPSA) is 116 Å². The average Bonchev–Trinajstić information content (AvgIpc) is 2.80. The highest BCUT2D eigenvalue weighted by molar-refractivity contribution is 9.10. The number of allylic oxidation sites excluding steroid dienone is 2. The van der Waals surface area contributed by atoms with E-state index in [4.69, 9.17) is 33.5 Å². The summed E-state index contributed by atoms with van der Waals surface area (Å²) in [6.45, 7) is 15.1. The van der Waals surface area contributed by atoms with Gasteiger partial charge in [-0.1, -0.05) is 0 Å². The minimum atomic E-state index is -2.03. The number of methoxy groups -OCH3 is 2. The van der Waals surface area contributed by atoms with E-state index in [1.165, 1.54) is 27.2 Å². The standard InChI is InChI=1S/C28H37BrO10/c1-15-12-18(30)13-19(34-11)28(15,39-38-27(7,8)9)25(32)36-22-17(3)16(2)20(24(31)37-26(4,5)6)23(21(22)29)35-14-33-10/h12-13H,14H2,1-11H3/t28-/m1/s1. The molecule has 0 aliphatic heterocycles. The molecule has 0 N–H and O–H groups in total. The average molecular weight is 613 g/mol. The molecule has 1 aromatic carbocycles. The van der Waals surface area contributed by atoms with Gasteiger partial charge in [-0.2, -0.15) is 0 Å². The van der Waals surface area contributed by atoms with E-state index >= 15 is 0 Å². The maximum absolute atomic E-state index is 14.0. The molecule has 10 nitrogen and oxygen atoms in total. The zero-order valence-electron chi connectivity index (χ0n) is 24.3. The van der Waals surface area contributed by atoms with Crippen molar-refractivity contribution in [1.82, 2.24) is 0 Å². The number of esters is 2. The van der Waals surface area contributed by atoms with Crippen molar-refractivity contribution in [2.45, 2.75) is 79.1 Å². The van der Waals surface area contributed by atoms with Gasteiger partial charge in [-0.15, -0.1) is 0 Å². The Balaban J connectivity index is 2.72. The second kappa shape index (κ2) is 12.2. The maximum Gasteiger partial charge on any atom is 0.359 e. The Labute approximate surface area is 237 Å². The lowest BCUT2D eigenvalue weighted by Crippen LogP contribution is -2.50. The van der Waals surface area contributed by atoms with E-state index < -0.39 is 34.5 Å². The molecule has 1 aliphatic carbocycles. The highest BCUT2D eigenvalue weighted by atomic mass is 79.9. The van der Waals surface area contributed by atoms with Crippen LogP contribution in [0.1, 0.15) is 70.0 Å². The van der Waals surface area contributed by atoms with Crippen molar-refractivity contribution in [3.63, 3.8) is 0 Å². The summed E-state index contributed by atoms with van der Waals surface area (Å²) in [5, 5.41) is 0. The highest BCUT2D eigenvalue weighted by Gasteiger charge is 2.53. The lowest BCUT2D eigenvalue weighted by atomic mass is 9.87. The third-order valence-electron chi connectivity index (χ3n) is 5.48. The molecule has 1 atom stereocenters. The predicted octanol–water partition coefficient (Wildman–Crippen LogP) is 5.45. The van der Waals surface area contributed by atoms with Crippen LogP contribution in [0.25, 0.3) is 0 Å². The first-order valence-corrected chi connectivity index (χ1v) is 12.9. The summed E-state index contributed by atoms with van der Waals surface area (Å²) in [5.41, 5.74) is -2.39. The number of carbonyl (C=O) groups excluding carboxylic acids is 3. The molecule has 216 valence electrons. The molecule has 0 aromatic heterocycles. The van der Waals surface area contributed by atoms with Gasteiger partial charge in [0.2, 0.25) is 0 Å². The van der Waals surface area contributed by atoms with Crippen molar-refractivity contribution in [3.8, 4) is 11.5 Å². The van der Waals surface area contributed by atoms with Crippen LogP contribution in [-0.2, 0) is 33.6 Å². The summed E-state index contributed by atoms with van der Waals surface area (Å²) in [6, 6.07) is 0. The summed E-state index contributed by atoms with van der Waals surface area (Å²) in [5.74, 6) is -1.97. The molecular formula is C28H37BrO10. The minimum Gasteiger partial charge on any atom is -0.497 e. The molecule has 0 spiro atoms. The van der Waals surface area contributed by atoms with Crippen LogP contribution in [0.5, 0.6) is 11.5 Å². The molecule has 0 bridgehead atoms. The summed E-state index contributed by atoms with van der Waals surface area (Å²) < 4.78 is 27.9. The van der Waals surface area contributed by atoms with Gasteiger partial charge in [0.25, 0.3) is 5.60 Å². The molecule has 0 amide bonds. The van der Waals surface area contributed by atoms with Crippen molar-refractivity contribution in [1.29, 1.82) is 0 Å². The van der Waals surface area contributed by atoms with Crippen molar-refractivity contribution in [2.75, 3.05) is 21.0 Å². The number of hydrogen-bond donors (Lipinski definition) is 0. The normalized spacial score (nSPS) is 17.8. The minimum absolute atomic E-state index is 0.0507. The van der Waals surface area contributed by atoms with Crippen molar-refractivity contribution in [3.05, 3.63) is 44.6 Å². The van der Waals surface area contributed by atoms with E-state index in [9.17, 15) is 14.4 Å². The third kappa shape index (κ3) is 7.27. The first kappa shape index (κ1) is 32.5. The zero-order valence-corrected chi connectivity index (χ0v) is 25.9. The summed E-state index contributed by atoms with van der Waals surface area (Å²) in [4.78, 5) is 50.6. The second-order valence-electron chi connectivity index (χ2n) is 10.9. The fourth-order valence-electron chi connectivity index (χ4n) is 3.59. The molecule has 0 radical (unpaired) electrons. The molecule has 0 saturated heterocycles. The van der Waals surface area contributed by atoms with Gasteiger partial charge in [0.15, 0.2) is 29.8 Å². The van der Waals surface area contributed by atoms with Crippen LogP contribution in [0.2, 0.25) is 0 Å². The fourth-order valence-corrected chi connectivity index (χ4v) is 4.29. The summed E-state index contributed by atoms with van der Waals surface area (Å²) in [7, 11) is 2.73. The van der Waals surface area contributed by atoms with E-state index in [-0.39, 0.29) is 39.7 Å². The van der Waals surface area contributed by atoms with E-state index in [1.807, 2.05) is 0 Å². The number of halogens is 1. The number of ketones is 1. The lowest BCUT2D eigenvalue weighted by Gasteiger charge is -2.35. The molecular weight excluding hydrogens is 576 g/mol. The van der Waals surface area contributed by atoms with E-state index in [0.29, 0.717) is 11.1 Å². The molecule has 0 unspecified atom stereocenters. The number of rotatable bonds is 9. The monoisotopic (exact) mass is 612 g/mol. The van der Waals surface area contributed by atoms with Crippen LogP contribution in [0.4, 0.5) is 0 Å². The van der Waals surface area contributed by atoms with Crippen LogP contribution in [0.15, 0.2) is 28.0 Å². The number of hydrogen-bond acceptors (Lipinski definition) is 10. The maximum atomic E-state index is 14.0. The van der Waals surface area contributed by atoms with Gasteiger partial charge in [0.05, 0.1) is 12.7 Å². The molecule has 1 aromatic rings. The Morgan fingerprint density at radius 2 is 1.54 bits per heavy atom. The van der Waals surface area contributed by atoms with Crippen LogP contribution in [0, 0.1) is 13.8 Å². The molecule has 0 saturated carbocycles. The smallest absolute Gasteiger partial charge is 0.359 e. The Hall–Kier alpha value is -2.73. The third-order valence-corrected chi connectivity index (χ3v) is 6.20. The van der Waals surface area contributed by atoms with E-state index in [2.05, 4.69) is 15.9 Å². The van der Waals surface area contributed by atoms with E-state index in [1.54, 1.807) is 55.4 Å². The van der Waals surface area contributed by atoms with Gasteiger partial charge in [0, 0.05) is 13.2 Å². The van der Waals surface area contributed by atoms with Gasteiger partial charge in [-0.3, -0.25) is 4.79 Å². The molecule has 1 aliphatic rings. The number of ether oxygens (including phenoxy) is 5. The first-order valence-electron chi connectivity index (χ1n) is 12.1. The molecule has 0 heterocycles.